The number of halogens is 3. The Hall–Kier alpha value is -2.80. The van der Waals surface area contributed by atoms with E-state index in [0.717, 1.165) is 10.4 Å². The van der Waals surface area contributed by atoms with Gasteiger partial charge in [0.05, 0.1) is 40.2 Å². The molecule has 3 aromatic rings. The Morgan fingerprint density at radius 1 is 1.24 bits per heavy atom. The monoisotopic (exact) mass is 513 g/mol. The SMILES string of the molecule is Cc1c(Nc2c(F)ccc(NS(=O)(=O)N3CC(COCF)C3)c2Cl)ccc2ncn(C)c(=O)c12. The molecule has 0 radical (unpaired) electrons. The van der Waals surface area contributed by atoms with Gasteiger partial charge in [-0.3, -0.25) is 9.52 Å². The summed E-state index contributed by atoms with van der Waals surface area (Å²) in [7, 11) is -2.38. The maximum atomic E-state index is 14.7. The van der Waals surface area contributed by atoms with Gasteiger partial charge < -0.3 is 14.6 Å². The number of nitrogens with zero attached hydrogens (tertiary/aromatic N) is 3. The first-order valence-electron chi connectivity index (χ1n) is 10.2. The second kappa shape index (κ2) is 9.45. The molecule has 1 aliphatic rings. The summed E-state index contributed by atoms with van der Waals surface area (Å²) >= 11 is 6.37. The van der Waals surface area contributed by atoms with Crippen LogP contribution in [0.15, 0.2) is 35.4 Å². The number of aromatic nitrogens is 2. The predicted octanol–water partition coefficient (Wildman–Crippen LogP) is 3.31. The highest BCUT2D eigenvalue weighted by Gasteiger charge is 2.36. The molecule has 1 fully saturated rings. The summed E-state index contributed by atoms with van der Waals surface area (Å²) in [5, 5.41) is 3.07. The van der Waals surface area contributed by atoms with Gasteiger partial charge in [-0.25, -0.2) is 13.8 Å². The van der Waals surface area contributed by atoms with Crippen LogP contribution in [0.4, 0.5) is 25.8 Å². The highest BCUT2D eigenvalue weighted by atomic mass is 35.5. The molecule has 1 saturated heterocycles. The zero-order valence-electron chi connectivity index (χ0n) is 18.3. The zero-order chi connectivity index (χ0) is 24.6. The minimum Gasteiger partial charge on any atom is -0.352 e. The largest absolute Gasteiger partial charge is 0.352 e. The van der Waals surface area contributed by atoms with Crippen LogP contribution >= 0.6 is 11.6 Å². The minimum atomic E-state index is -3.96. The van der Waals surface area contributed by atoms with Crippen LogP contribution in [0.25, 0.3) is 10.9 Å². The third-order valence-electron chi connectivity index (χ3n) is 5.63. The van der Waals surface area contributed by atoms with Gasteiger partial charge in [-0.2, -0.15) is 12.7 Å². The number of nitrogens with one attached hydrogen (secondary N) is 2. The molecular formula is C21H22ClF2N5O4S. The smallest absolute Gasteiger partial charge is 0.301 e. The molecule has 182 valence electrons. The van der Waals surface area contributed by atoms with Crippen molar-refractivity contribution in [3.63, 3.8) is 0 Å². The second-order valence-corrected chi connectivity index (χ2v) is 10.0. The van der Waals surface area contributed by atoms with Crippen LogP contribution in [-0.4, -0.2) is 48.8 Å². The van der Waals surface area contributed by atoms with E-state index >= 15 is 0 Å². The first-order chi connectivity index (χ1) is 16.1. The van der Waals surface area contributed by atoms with E-state index in [1.54, 1.807) is 26.1 Å². The van der Waals surface area contributed by atoms with E-state index in [0.29, 0.717) is 22.2 Å². The van der Waals surface area contributed by atoms with E-state index in [9.17, 15) is 22.0 Å². The number of hydrogen-bond donors (Lipinski definition) is 2. The molecule has 0 saturated carbocycles. The number of alkyl halides is 1. The minimum absolute atomic E-state index is 0.0231. The second-order valence-electron chi connectivity index (χ2n) is 7.97. The van der Waals surface area contributed by atoms with Crippen LogP contribution in [-0.2, 0) is 22.0 Å². The standard InChI is InChI=1S/C21H22ClF2N5O4S/c1-12-15(5-6-16-18(12)21(30)28(2)11-25-16)26-20-14(24)3-4-17(19(20)22)27-34(31,32)29-7-13(8-29)9-33-10-23/h3-6,11,13,26-27H,7-10H2,1-2H3. The van der Waals surface area contributed by atoms with Crippen LogP contribution in [0.5, 0.6) is 0 Å². The molecule has 13 heteroatoms. The lowest BCUT2D eigenvalue weighted by Gasteiger charge is -2.37. The normalized spacial score (nSPS) is 14.9. The number of ether oxygens (including phenoxy) is 1. The summed E-state index contributed by atoms with van der Waals surface area (Å²) in [4.78, 5) is 16.8. The molecule has 0 atom stereocenters. The van der Waals surface area contributed by atoms with Crippen LogP contribution in [0.3, 0.4) is 0 Å². The van der Waals surface area contributed by atoms with Crippen molar-refractivity contribution in [2.24, 2.45) is 13.0 Å². The van der Waals surface area contributed by atoms with E-state index in [2.05, 4.69) is 19.8 Å². The lowest BCUT2D eigenvalue weighted by molar-refractivity contribution is 0.00619. The lowest BCUT2D eigenvalue weighted by atomic mass is 10.1. The molecule has 0 aliphatic carbocycles. The van der Waals surface area contributed by atoms with Gasteiger partial charge in [-0.1, -0.05) is 11.6 Å². The van der Waals surface area contributed by atoms with Gasteiger partial charge in [0, 0.05) is 31.7 Å². The summed E-state index contributed by atoms with van der Waals surface area (Å²) in [5.74, 6) is -0.815. The highest BCUT2D eigenvalue weighted by Crippen LogP contribution is 2.37. The topological polar surface area (TPSA) is 106 Å². The quantitative estimate of drug-likeness (QED) is 0.479. The molecule has 0 amide bonds. The molecule has 4 rings (SSSR count). The van der Waals surface area contributed by atoms with Gasteiger partial charge in [0.2, 0.25) is 0 Å². The molecule has 2 N–H and O–H groups in total. The predicted molar refractivity (Wildman–Crippen MR) is 126 cm³/mol. The third-order valence-corrected chi connectivity index (χ3v) is 7.48. The Balaban J connectivity index is 1.60. The Morgan fingerprint density at radius 3 is 2.65 bits per heavy atom. The molecule has 2 heterocycles. The van der Waals surface area contributed by atoms with E-state index in [-0.39, 0.29) is 47.6 Å². The molecule has 0 bridgehead atoms. The van der Waals surface area contributed by atoms with E-state index < -0.39 is 22.9 Å². The summed E-state index contributed by atoms with van der Waals surface area (Å²) in [6, 6.07) is 5.56. The number of fused-ring (bicyclic) bond motifs is 1. The number of rotatable bonds is 8. The maximum absolute atomic E-state index is 14.7. The van der Waals surface area contributed by atoms with Crippen LogP contribution in [0.2, 0.25) is 5.02 Å². The molecule has 2 aromatic carbocycles. The molecule has 1 aromatic heterocycles. The first kappa shape index (κ1) is 24.3. The zero-order valence-corrected chi connectivity index (χ0v) is 19.9. The molecular weight excluding hydrogens is 492 g/mol. The number of benzene rings is 2. The van der Waals surface area contributed by atoms with Crippen molar-refractivity contribution in [2.45, 2.75) is 6.92 Å². The number of hydrogen-bond acceptors (Lipinski definition) is 6. The van der Waals surface area contributed by atoms with Gasteiger partial charge in [0.1, 0.15) is 5.82 Å². The third kappa shape index (κ3) is 4.58. The Kier molecular flexibility index (Phi) is 6.76. The van der Waals surface area contributed by atoms with Gasteiger partial charge >= 0.3 is 10.2 Å². The van der Waals surface area contributed by atoms with Crippen molar-refractivity contribution in [3.05, 3.63) is 57.3 Å². The molecule has 9 nitrogen and oxygen atoms in total. The molecule has 1 aliphatic heterocycles. The van der Waals surface area contributed by atoms with Crippen molar-refractivity contribution in [1.29, 1.82) is 0 Å². The van der Waals surface area contributed by atoms with Crippen LogP contribution < -0.4 is 15.6 Å². The van der Waals surface area contributed by atoms with Crippen molar-refractivity contribution in [2.75, 3.05) is 36.6 Å². The van der Waals surface area contributed by atoms with E-state index in [4.69, 9.17) is 11.6 Å². The molecule has 34 heavy (non-hydrogen) atoms. The maximum Gasteiger partial charge on any atom is 0.301 e. The van der Waals surface area contributed by atoms with Gasteiger partial charge in [-0.15, -0.1) is 0 Å². The summed E-state index contributed by atoms with van der Waals surface area (Å²) in [6.45, 7) is 1.22. The van der Waals surface area contributed by atoms with Crippen LogP contribution in [0, 0.1) is 18.7 Å². The number of aryl methyl sites for hydroxylation is 2. The summed E-state index contributed by atoms with van der Waals surface area (Å²) in [5.41, 5.74) is 1.01. The Labute approximate surface area is 199 Å². The Morgan fingerprint density at radius 2 is 1.94 bits per heavy atom. The average Bonchev–Trinajstić information content (AvgIpc) is 2.76. The van der Waals surface area contributed by atoms with E-state index in [1.165, 1.54) is 17.0 Å². The van der Waals surface area contributed by atoms with Crippen LogP contribution in [0.1, 0.15) is 5.56 Å². The lowest BCUT2D eigenvalue weighted by Crippen LogP contribution is -2.53. The van der Waals surface area contributed by atoms with Crippen molar-refractivity contribution in [3.8, 4) is 0 Å². The number of anilines is 3. The highest BCUT2D eigenvalue weighted by molar-refractivity contribution is 7.90. The van der Waals surface area contributed by atoms with Crippen molar-refractivity contribution in [1.82, 2.24) is 13.9 Å². The van der Waals surface area contributed by atoms with Crippen molar-refractivity contribution < 1.29 is 21.9 Å². The van der Waals surface area contributed by atoms with E-state index in [1.807, 2.05) is 0 Å². The van der Waals surface area contributed by atoms with Gasteiger partial charge in [0.15, 0.2) is 6.86 Å². The molecule has 0 unspecified atom stereocenters. The first-order valence-corrected chi connectivity index (χ1v) is 12.1. The fraction of sp³-hybridized carbons (Fsp3) is 0.333. The average molecular weight is 514 g/mol. The molecule has 0 spiro atoms. The fourth-order valence-electron chi connectivity index (χ4n) is 3.71. The summed E-state index contributed by atoms with van der Waals surface area (Å²) < 4.78 is 61.6. The Bertz CT molecular complexity index is 1410. The summed E-state index contributed by atoms with van der Waals surface area (Å²) in [6.07, 6.45) is 1.41. The van der Waals surface area contributed by atoms with Gasteiger partial charge in [-0.05, 0) is 36.8 Å². The van der Waals surface area contributed by atoms with Crippen molar-refractivity contribution >= 4 is 49.8 Å². The van der Waals surface area contributed by atoms with Gasteiger partial charge in [0.25, 0.3) is 5.56 Å². The fourth-order valence-corrected chi connectivity index (χ4v) is 5.40.